The maximum Gasteiger partial charge on any atom is 0.242 e. The van der Waals surface area contributed by atoms with E-state index in [1.807, 2.05) is 33.8 Å². The van der Waals surface area contributed by atoms with Crippen molar-refractivity contribution in [3.8, 4) is 0 Å². The first-order valence-corrected chi connectivity index (χ1v) is 6.65. The summed E-state index contributed by atoms with van der Waals surface area (Å²) in [6, 6.07) is 3.20. The Morgan fingerprint density at radius 2 is 1.89 bits per heavy atom. The van der Waals surface area contributed by atoms with Crippen LogP contribution in [0.1, 0.15) is 47.1 Å². The zero-order chi connectivity index (χ0) is 14.6. The molecular formula is C14H27N3O. The molecule has 4 nitrogen and oxygen atoms in total. The van der Waals surface area contributed by atoms with Crippen LogP contribution in [0.25, 0.3) is 0 Å². The number of carbonyl (C=O) groups is 1. The lowest BCUT2D eigenvalue weighted by molar-refractivity contribution is -0.117. The van der Waals surface area contributed by atoms with Crippen LogP contribution in [-0.4, -0.2) is 16.9 Å². The fourth-order valence-electron chi connectivity index (χ4n) is 0.948. The summed E-state index contributed by atoms with van der Waals surface area (Å²) in [6.07, 6.45) is 2.69. The lowest BCUT2D eigenvalue weighted by atomic mass is 10.2. The third-order valence-electron chi connectivity index (χ3n) is 1.90. The molecule has 0 aliphatic rings. The van der Waals surface area contributed by atoms with Crippen molar-refractivity contribution in [1.29, 1.82) is 0 Å². The molecule has 1 rings (SSSR count). The number of rotatable bonds is 3. The molecule has 1 aromatic rings. The van der Waals surface area contributed by atoms with Gasteiger partial charge in [0.25, 0.3) is 0 Å². The van der Waals surface area contributed by atoms with E-state index in [0.717, 1.165) is 12.0 Å². The summed E-state index contributed by atoms with van der Waals surface area (Å²) in [5.74, 6) is 0.325. The van der Waals surface area contributed by atoms with Gasteiger partial charge < -0.3 is 11.1 Å². The Morgan fingerprint density at radius 3 is 2.22 bits per heavy atom. The van der Waals surface area contributed by atoms with E-state index in [-0.39, 0.29) is 5.91 Å². The van der Waals surface area contributed by atoms with E-state index in [1.54, 1.807) is 19.2 Å². The molecule has 0 fully saturated rings. The van der Waals surface area contributed by atoms with E-state index in [2.05, 4.69) is 17.2 Å². The van der Waals surface area contributed by atoms with Gasteiger partial charge in [0.2, 0.25) is 5.91 Å². The van der Waals surface area contributed by atoms with Crippen LogP contribution in [0.3, 0.4) is 0 Å². The summed E-state index contributed by atoms with van der Waals surface area (Å²) in [7, 11) is 0. The molecule has 0 aliphatic heterocycles. The van der Waals surface area contributed by atoms with E-state index in [1.165, 1.54) is 0 Å². The Bertz CT molecular complexity index is 307. The summed E-state index contributed by atoms with van der Waals surface area (Å²) >= 11 is 0. The molecule has 0 bridgehead atoms. The van der Waals surface area contributed by atoms with Crippen LogP contribution in [0.2, 0.25) is 0 Å². The fourth-order valence-corrected chi connectivity index (χ4v) is 0.948. The molecule has 1 amide bonds. The molecule has 1 atom stereocenters. The molecule has 18 heavy (non-hydrogen) atoms. The zero-order valence-electron chi connectivity index (χ0n) is 12.4. The molecular weight excluding hydrogens is 226 g/mol. The van der Waals surface area contributed by atoms with Crippen molar-refractivity contribution in [2.75, 3.05) is 5.32 Å². The Labute approximate surface area is 111 Å². The number of aromatic nitrogens is 1. The number of aryl methyl sites for hydroxylation is 1. The topological polar surface area (TPSA) is 68.0 Å². The smallest absolute Gasteiger partial charge is 0.242 e. The summed E-state index contributed by atoms with van der Waals surface area (Å²) < 4.78 is 0. The number of nitrogens with one attached hydrogen (secondary N) is 1. The number of nitrogens with two attached hydrogens (primary N) is 1. The van der Waals surface area contributed by atoms with Crippen molar-refractivity contribution in [2.24, 2.45) is 5.73 Å². The van der Waals surface area contributed by atoms with Gasteiger partial charge in [-0.15, -0.1) is 0 Å². The maximum absolute atomic E-state index is 11.2. The van der Waals surface area contributed by atoms with Crippen molar-refractivity contribution < 1.29 is 4.79 Å². The highest BCUT2D eigenvalue weighted by Crippen LogP contribution is 2.05. The van der Waals surface area contributed by atoms with Gasteiger partial charge in [-0.2, -0.15) is 0 Å². The fraction of sp³-hybridized carbons (Fsp3) is 0.571. The van der Waals surface area contributed by atoms with Gasteiger partial charge in [0, 0.05) is 6.20 Å². The van der Waals surface area contributed by atoms with E-state index in [4.69, 9.17) is 5.73 Å². The monoisotopic (exact) mass is 253 g/mol. The largest absolute Gasteiger partial charge is 0.320 e. The highest BCUT2D eigenvalue weighted by Gasteiger charge is 2.07. The lowest BCUT2D eigenvalue weighted by Gasteiger charge is -2.06. The normalized spacial score (nSPS) is 10.2. The predicted molar refractivity (Wildman–Crippen MR) is 78.6 cm³/mol. The standard InChI is InChI=1S/C10H15N3O.2C2H6/c1-3-8-4-5-9(12-6-8)13-10(14)7(2)11;2*1-2/h4-7H,3,11H2,1-2H3,(H,12,13,14);2*1-2H3. The van der Waals surface area contributed by atoms with Crippen molar-refractivity contribution >= 4 is 11.7 Å². The quantitative estimate of drug-likeness (QED) is 0.870. The lowest BCUT2D eigenvalue weighted by Crippen LogP contribution is -2.32. The number of hydrogen-bond donors (Lipinski definition) is 2. The van der Waals surface area contributed by atoms with Crippen LogP contribution in [0.4, 0.5) is 5.82 Å². The minimum absolute atomic E-state index is 0.221. The summed E-state index contributed by atoms with van der Waals surface area (Å²) in [5.41, 5.74) is 6.54. The SMILES string of the molecule is CC.CC.CCc1ccc(NC(=O)C(C)N)nc1. The first kappa shape index (κ1) is 18.9. The minimum Gasteiger partial charge on any atom is -0.320 e. The number of nitrogens with zero attached hydrogens (tertiary/aromatic N) is 1. The van der Waals surface area contributed by atoms with Gasteiger partial charge in [-0.25, -0.2) is 4.98 Å². The van der Waals surface area contributed by atoms with Crippen LogP contribution in [-0.2, 0) is 11.2 Å². The first-order chi connectivity index (χ1) is 8.63. The van der Waals surface area contributed by atoms with Gasteiger partial charge in [-0.1, -0.05) is 40.7 Å². The average Bonchev–Trinajstić information content (AvgIpc) is 2.44. The minimum atomic E-state index is -0.511. The Hall–Kier alpha value is -1.42. The third kappa shape index (κ3) is 7.79. The van der Waals surface area contributed by atoms with E-state index in [0.29, 0.717) is 5.82 Å². The van der Waals surface area contributed by atoms with Gasteiger partial charge in [0.05, 0.1) is 6.04 Å². The Morgan fingerprint density at radius 1 is 1.33 bits per heavy atom. The molecule has 1 aromatic heterocycles. The van der Waals surface area contributed by atoms with E-state index in [9.17, 15) is 4.79 Å². The highest BCUT2D eigenvalue weighted by atomic mass is 16.2. The zero-order valence-corrected chi connectivity index (χ0v) is 12.4. The number of anilines is 1. The number of carbonyl (C=O) groups excluding carboxylic acids is 1. The molecule has 0 radical (unpaired) electrons. The van der Waals surface area contributed by atoms with Crippen molar-refractivity contribution in [3.63, 3.8) is 0 Å². The van der Waals surface area contributed by atoms with Crippen molar-refractivity contribution in [2.45, 2.75) is 54.0 Å². The summed E-state index contributed by atoms with van der Waals surface area (Å²) in [6.45, 7) is 11.7. The summed E-state index contributed by atoms with van der Waals surface area (Å²) in [5, 5.41) is 2.62. The molecule has 4 heteroatoms. The molecule has 3 N–H and O–H groups in total. The molecule has 104 valence electrons. The molecule has 0 aromatic carbocycles. The van der Waals surface area contributed by atoms with E-state index >= 15 is 0 Å². The predicted octanol–water partition coefficient (Wildman–Crippen LogP) is 2.98. The average molecular weight is 253 g/mol. The van der Waals surface area contributed by atoms with Crippen LogP contribution >= 0.6 is 0 Å². The van der Waals surface area contributed by atoms with Crippen LogP contribution in [0.5, 0.6) is 0 Å². The molecule has 0 spiro atoms. The third-order valence-corrected chi connectivity index (χ3v) is 1.90. The number of amides is 1. The van der Waals surface area contributed by atoms with Crippen molar-refractivity contribution in [3.05, 3.63) is 23.9 Å². The van der Waals surface area contributed by atoms with Crippen LogP contribution in [0.15, 0.2) is 18.3 Å². The van der Waals surface area contributed by atoms with E-state index < -0.39 is 6.04 Å². The Kier molecular flexibility index (Phi) is 12.7. The number of hydrogen-bond acceptors (Lipinski definition) is 3. The van der Waals surface area contributed by atoms with Gasteiger partial charge in [0.15, 0.2) is 0 Å². The van der Waals surface area contributed by atoms with Gasteiger partial charge in [0.1, 0.15) is 5.82 Å². The van der Waals surface area contributed by atoms with Crippen molar-refractivity contribution in [1.82, 2.24) is 4.98 Å². The molecule has 0 aliphatic carbocycles. The molecule has 0 saturated carbocycles. The van der Waals surface area contributed by atoms with Gasteiger partial charge in [-0.3, -0.25) is 4.79 Å². The van der Waals surface area contributed by atoms with Crippen LogP contribution < -0.4 is 11.1 Å². The summed E-state index contributed by atoms with van der Waals surface area (Å²) in [4.78, 5) is 15.3. The van der Waals surface area contributed by atoms with Gasteiger partial charge in [-0.05, 0) is 25.0 Å². The second kappa shape index (κ2) is 12.0. The van der Waals surface area contributed by atoms with Gasteiger partial charge >= 0.3 is 0 Å². The second-order valence-corrected chi connectivity index (χ2v) is 3.18. The molecule has 1 unspecified atom stereocenters. The maximum atomic E-state index is 11.2. The first-order valence-electron chi connectivity index (χ1n) is 6.65. The Balaban J connectivity index is 0. The second-order valence-electron chi connectivity index (χ2n) is 3.18. The molecule has 0 saturated heterocycles. The van der Waals surface area contributed by atoms with Crippen LogP contribution in [0, 0.1) is 0 Å². The number of pyridine rings is 1. The molecule has 1 heterocycles. The highest BCUT2D eigenvalue weighted by molar-refractivity contribution is 5.93.